The second-order valence-corrected chi connectivity index (χ2v) is 8.76. The molecule has 0 bridgehead atoms. The number of aromatic nitrogens is 1. The Morgan fingerprint density at radius 3 is 3.04 bits per heavy atom. The molecule has 1 N–H and O–H groups in total. The predicted molar refractivity (Wildman–Crippen MR) is 113 cm³/mol. The highest BCUT2D eigenvalue weighted by molar-refractivity contribution is 7.18. The Morgan fingerprint density at radius 2 is 2.11 bits per heavy atom. The lowest BCUT2D eigenvalue weighted by molar-refractivity contribution is -0.137. The molecule has 1 fully saturated rings. The number of carbonyl (C=O) groups excluding carboxylic acids is 1. The van der Waals surface area contributed by atoms with Gasteiger partial charge in [0, 0.05) is 31.4 Å². The van der Waals surface area contributed by atoms with Crippen LogP contribution >= 0.6 is 11.3 Å². The van der Waals surface area contributed by atoms with E-state index in [4.69, 9.17) is 4.74 Å². The van der Waals surface area contributed by atoms with Gasteiger partial charge in [0.2, 0.25) is 0 Å². The van der Waals surface area contributed by atoms with Gasteiger partial charge in [-0.15, -0.1) is 11.3 Å². The first-order valence-corrected chi connectivity index (χ1v) is 10.7. The van der Waals surface area contributed by atoms with Gasteiger partial charge in [0.15, 0.2) is 0 Å². The minimum absolute atomic E-state index is 0.164. The van der Waals surface area contributed by atoms with Crippen LogP contribution in [0.2, 0.25) is 0 Å². The molecule has 1 unspecified atom stereocenters. The third kappa shape index (κ3) is 3.27. The maximum Gasteiger partial charge on any atom is 0.319 e. The fourth-order valence-electron chi connectivity index (χ4n) is 4.12. The molecule has 144 valence electrons. The molecule has 3 heterocycles. The summed E-state index contributed by atoms with van der Waals surface area (Å²) in [5.74, 6) is 0.293. The highest BCUT2D eigenvalue weighted by Crippen LogP contribution is 2.37. The Morgan fingerprint density at radius 1 is 1.18 bits per heavy atom. The van der Waals surface area contributed by atoms with E-state index in [-0.39, 0.29) is 11.9 Å². The van der Waals surface area contributed by atoms with Gasteiger partial charge in [0.1, 0.15) is 5.75 Å². The topological polar surface area (TPSA) is 54.5 Å². The van der Waals surface area contributed by atoms with Crippen molar-refractivity contribution in [3.63, 3.8) is 0 Å². The van der Waals surface area contributed by atoms with Crippen molar-refractivity contribution in [3.8, 4) is 5.75 Å². The van der Waals surface area contributed by atoms with Crippen molar-refractivity contribution in [1.29, 1.82) is 0 Å². The molecule has 2 aliphatic heterocycles. The molecular weight excluding hydrogens is 370 g/mol. The van der Waals surface area contributed by atoms with Crippen LogP contribution in [0, 0.1) is 6.92 Å². The molecule has 2 aliphatic rings. The number of carbonyl (C=O) groups is 1. The zero-order chi connectivity index (χ0) is 19.1. The highest BCUT2D eigenvalue weighted by atomic mass is 32.1. The summed E-state index contributed by atoms with van der Waals surface area (Å²) in [5.41, 5.74) is 4.24. The fourth-order valence-corrected chi connectivity index (χ4v) is 4.99. The van der Waals surface area contributed by atoms with Crippen LogP contribution in [-0.4, -0.2) is 37.1 Å². The first-order chi connectivity index (χ1) is 13.7. The van der Waals surface area contributed by atoms with Gasteiger partial charge in [-0.25, -0.2) is 4.98 Å². The molecule has 2 aromatic carbocycles. The number of benzene rings is 2. The van der Waals surface area contributed by atoms with E-state index in [2.05, 4.69) is 33.4 Å². The first-order valence-electron chi connectivity index (χ1n) is 9.85. The zero-order valence-corrected chi connectivity index (χ0v) is 16.7. The van der Waals surface area contributed by atoms with Gasteiger partial charge in [-0.2, -0.15) is 0 Å². The normalized spacial score (nSPS) is 20.0. The third-order valence-corrected chi connectivity index (χ3v) is 6.53. The molecule has 0 spiro atoms. The number of aryl methyl sites for hydroxylation is 1. The van der Waals surface area contributed by atoms with Gasteiger partial charge in [-0.3, -0.25) is 4.79 Å². The van der Waals surface area contributed by atoms with Gasteiger partial charge >= 0.3 is 5.97 Å². The number of esters is 1. The highest BCUT2D eigenvalue weighted by Gasteiger charge is 2.30. The zero-order valence-electron chi connectivity index (χ0n) is 15.9. The summed E-state index contributed by atoms with van der Waals surface area (Å²) >= 11 is 1.66. The Balaban J connectivity index is 1.42. The van der Waals surface area contributed by atoms with Crippen molar-refractivity contribution >= 4 is 33.2 Å². The molecule has 5 nitrogen and oxygen atoms in total. The molecule has 0 amide bonds. The number of fused-ring (bicyclic) bond motifs is 2. The summed E-state index contributed by atoms with van der Waals surface area (Å²) in [6.07, 6.45) is 1.80. The fraction of sp³-hybridized carbons (Fsp3) is 0.364. The van der Waals surface area contributed by atoms with E-state index < -0.39 is 0 Å². The van der Waals surface area contributed by atoms with Crippen LogP contribution in [0.3, 0.4) is 0 Å². The molecule has 6 heteroatoms. The van der Waals surface area contributed by atoms with Crippen molar-refractivity contribution in [1.82, 2.24) is 10.3 Å². The monoisotopic (exact) mass is 393 g/mol. The summed E-state index contributed by atoms with van der Waals surface area (Å²) in [4.78, 5) is 19.7. The lowest BCUT2D eigenvalue weighted by Crippen LogP contribution is -2.29. The first kappa shape index (κ1) is 17.6. The molecule has 1 atom stereocenters. The van der Waals surface area contributed by atoms with Crippen LogP contribution in [0.15, 0.2) is 36.4 Å². The van der Waals surface area contributed by atoms with Crippen LogP contribution in [0.1, 0.15) is 28.5 Å². The van der Waals surface area contributed by atoms with Crippen LogP contribution < -0.4 is 15.0 Å². The molecule has 5 rings (SSSR count). The van der Waals surface area contributed by atoms with E-state index in [1.807, 2.05) is 25.1 Å². The summed E-state index contributed by atoms with van der Waals surface area (Å²) in [5, 5.41) is 4.47. The van der Waals surface area contributed by atoms with E-state index in [0.29, 0.717) is 12.2 Å². The smallest absolute Gasteiger partial charge is 0.319 e. The van der Waals surface area contributed by atoms with E-state index in [1.54, 1.807) is 11.3 Å². The largest absolute Gasteiger partial charge is 0.426 e. The Bertz CT molecular complexity index is 1040. The van der Waals surface area contributed by atoms with Crippen LogP contribution in [0.4, 0.5) is 5.69 Å². The quantitative estimate of drug-likeness (QED) is 0.532. The van der Waals surface area contributed by atoms with Gasteiger partial charge in [-0.1, -0.05) is 12.1 Å². The van der Waals surface area contributed by atoms with Crippen LogP contribution in [0.5, 0.6) is 5.75 Å². The van der Waals surface area contributed by atoms with E-state index in [1.165, 1.54) is 0 Å². The average Bonchev–Trinajstić information content (AvgIpc) is 2.89. The maximum absolute atomic E-state index is 12.8. The molecule has 0 saturated carbocycles. The number of hydrogen-bond acceptors (Lipinski definition) is 6. The summed E-state index contributed by atoms with van der Waals surface area (Å²) in [6, 6.07) is 12.4. The van der Waals surface area contributed by atoms with E-state index >= 15 is 0 Å². The number of nitrogens with one attached hydrogen (secondary N) is 1. The predicted octanol–water partition coefficient (Wildman–Crippen LogP) is 3.65. The minimum atomic E-state index is -0.257. The number of anilines is 1. The van der Waals surface area contributed by atoms with Gasteiger partial charge in [0.05, 0.1) is 21.1 Å². The molecule has 1 aromatic heterocycles. The number of hydrogen-bond donors (Lipinski definition) is 1. The molecular formula is C22H23N3O2S. The number of thiazole rings is 1. The molecule has 28 heavy (non-hydrogen) atoms. The second-order valence-electron chi connectivity index (χ2n) is 7.52. The average molecular weight is 394 g/mol. The van der Waals surface area contributed by atoms with E-state index in [9.17, 15) is 4.79 Å². The van der Waals surface area contributed by atoms with Crippen molar-refractivity contribution in [2.45, 2.75) is 25.7 Å². The number of nitrogens with zero attached hydrogens (tertiary/aromatic N) is 2. The lowest BCUT2D eigenvalue weighted by Gasteiger charge is -2.27. The van der Waals surface area contributed by atoms with Crippen LogP contribution in [-0.2, 0) is 11.2 Å². The standard InChI is InChI=1S/C22H23N3O2S/c1-14-24-19-6-4-15(12-21(19)28-14)18-11-16-3-5-17(13-20(16)27-22(18)26)25-9-2-7-23-8-10-25/h3-6,12-13,18,23H,2,7-11H2,1H3. The number of ether oxygens (including phenoxy) is 1. The molecule has 0 radical (unpaired) electrons. The number of rotatable bonds is 2. The maximum atomic E-state index is 12.8. The molecule has 3 aromatic rings. The Kier molecular flexibility index (Phi) is 4.53. The SMILES string of the molecule is Cc1nc2ccc(C3Cc4ccc(N5CCCNCC5)cc4OC3=O)cc2s1. The lowest BCUT2D eigenvalue weighted by atomic mass is 9.89. The van der Waals surface area contributed by atoms with E-state index in [0.717, 1.165) is 64.6 Å². The van der Waals surface area contributed by atoms with Crippen molar-refractivity contribution in [3.05, 3.63) is 52.5 Å². The minimum Gasteiger partial charge on any atom is -0.426 e. The summed E-state index contributed by atoms with van der Waals surface area (Å²) in [7, 11) is 0. The van der Waals surface area contributed by atoms with Crippen molar-refractivity contribution in [2.75, 3.05) is 31.1 Å². The summed E-state index contributed by atoms with van der Waals surface area (Å²) in [6.45, 7) is 6.05. The van der Waals surface area contributed by atoms with Gasteiger partial charge in [-0.05, 0) is 55.6 Å². The Hall–Kier alpha value is -2.44. The Labute approximate surface area is 168 Å². The molecule has 0 aliphatic carbocycles. The van der Waals surface area contributed by atoms with Crippen LogP contribution in [0.25, 0.3) is 10.2 Å². The van der Waals surface area contributed by atoms with Gasteiger partial charge < -0.3 is 15.0 Å². The van der Waals surface area contributed by atoms with Crippen molar-refractivity contribution in [2.24, 2.45) is 0 Å². The third-order valence-electron chi connectivity index (χ3n) is 5.60. The summed E-state index contributed by atoms with van der Waals surface area (Å²) < 4.78 is 6.91. The van der Waals surface area contributed by atoms with Gasteiger partial charge in [0.25, 0.3) is 0 Å². The molecule has 1 saturated heterocycles. The van der Waals surface area contributed by atoms with Crippen molar-refractivity contribution < 1.29 is 9.53 Å². The second kappa shape index (κ2) is 7.18.